The molecular formula is C24H25N3O2. The van der Waals surface area contributed by atoms with Crippen LogP contribution < -0.4 is 10.6 Å². The van der Waals surface area contributed by atoms with Gasteiger partial charge in [0.2, 0.25) is 0 Å². The lowest BCUT2D eigenvalue weighted by molar-refractivity contribution is 0.101. The first kappa shape index (κ1) is 20.3. The zero-order chi connectivity index (χ0) is 21.0. The summed E-state index contributed by atoms with van der Waals surface area (Å²) in [4.78, 5) is 28.2. The summed E-state index contributed by atoms with van der Waals surface area (Å²) in [7, 11) is 0. The highest BCUT2D eigenvalue weighted by Gasteiger charge is 2.17. The first-order chi connectivity index (χ1) is 13.7. The van der Waals surface area contributed by atoms with E-state index in [1.807, 2.05) is 18.2 Å². The van der Waals surface area contributed by atoms with E-state index in [9.17, 15) is 9.59 Å². The average Bonchev–Trinajstić information content (AvgIpc) is 2.68. The van der Waals surface area contributed by atoms with Crippen molar-refractivity contribution in [2.24, 2.45) is 0 Å². The summed E-state index contributed by atoms with van der Waals surface area (Å²) in [5.41, 5.74) is 4.56. The summed E-state index contributed by atoms with van der Waals surface area (Å²) in [6, 6.07) is 16.7. The van der Waals surface area contributed by atoms with Crippen LogP contribution in [0, 0.1) is 0 Å². The van der Waals surface area contributed by atoms with Crippen molar-refractivity contribution in [3.8, 4) is 0 Å². The van der Waals surface area contributed by atoms with E-state index >= 15 is 0 Å². The molecule has 0 saturated carbocycles. The second kappa shape index (κ2) is 8.27. The van der Waals surface area contributed by atoms with E-state index in [1.54, 1.807) is 36.5 Å². The van der Waals surface area contributed by atoms with Gasteiger partial charge in [0.15, 0.2) is 5.78 Å². The number of aromatic nitrogens is 1. The summed E-state index contributed by atoms with van der Waals surface area (Å²) in [6.07, 6.45) is 3.22. The maximum Gasteiger partial charge on any atom is 0.257 e. The van der Waals surface area contributed by atoms with Gasteiger partial charge >= 0.3 is 0 Å². The highest BCUT2D eigenvalue weighted by atomic mass is 16.1. The Labute approximate surface area is 171 Å². The third kappa shape index (κ3) is 5.08. The van der Waals surface area contributed by atoms with Gasteiger partial charge in [0.05, 0.1) is 17.4 Å². The fraction of sp³-hybridized carbons (Fsp3) is 0.208. The van der Waals surface area contributed by atoms with Crippen LogP contribution in [0.3, 0.4) is 0 Å². The fourth-order valence-electron chi connectivity index (χ4n) is 3.03. The lowest BCUT2D eigenvalue weighted by Crippen LogP contribution is -2.14. The molecule has 0 atom stereocenters. The Bertz CT molecular complexity index is 1030. The van der Waals surface area contributed by atoms with Crippen molar-refractivity contribution >= 4 is 28.8 Å². The molecule has 3 rings (SSSR count). The Kier molecular flexibility index (Phi) is 5.78. The number of nitrogens with one attached hydrogen (secondary N) is 2. The van der Waals surface area contributed by atoms with E-state index in [2.05, 4.69) is 42.5 Å². The van der Waals surface area contributed by atoms with Gasteiger partial charge in [0, 0.05) is 23.1 Å². The van der Waals surface area contributed by atoms with Crippen LogP contribution in [-0.4, -0.2) is 16.7 Å². The number of Topliss-reactive ketones (excluding diaryl/α,β-unsaturated/α-hetero) is 1. The fourth-order valence-corrected chi connectivity index (χ4v) is 3.03. The number of amides is 1. The van der Waals surface area contributed by atoms with Crippen LogP contribution in [0.15, 0.2) is 67.0 Å². The summed E-state index contributed by atoms with van der Waals surface area (Å²) in [6.45, 7) is 7.99. The molecule has 1 heterocycles. The number of carbonyl (C=O) groups is 2. The molecule has 0 aliphatic carbocycles. The van der Waals surface area contributed by atoms with Crippen LogP contribution in [0.2, 0.25) is 0 Å². The predicted octanol–water partition coefficient (Wildman–Crippen LogP) is 5.58. The number of pyridine rings is 1. The number of para-hydroxylation sites is 1. The van der Waals surface area contributed by atoms with E-state index < -0.39 is 0 Å². The minimum absolute atomic E-state index is 0.0126. The standard InChI is InChI=1S/C24H25N3O2/c1-16(28)17-9-11-19(12-10-17)27-23(29)18-13-20(15-25-14-18)26-22-8-6-5-7-21(22)24(2,3)4/h5-15,26H,1-4H3,(H,27,29). The van der Waals surface area contributed by atoms with E-state index in [-0.39, 0.29) is 17.1 Å². The molecule has 1 aromatic heterocycles. The van der Waals surface area contributed by atoms with Crippen LogP contribution in [0.1, 0.15) is 54.0 Å². The molecule has 0 bridgehead atoms. The van der Waals surface area contributed by atoms with Crippen molar-refractivity contribution in [2.75, 3.05) is 10.6 Å². The zero-order valence-corrected chi connectivity index (χ0v) is 17.1. The molecule has 148 valence electrons. The lowest BCUT2D eigenvalue weighted by atomic mass is 9.86. The Morgan fingerprint density at radius 2 is 1.55 bits per heavy atom. The number of hydrogen-bond acceptors (Lipinski definition) is 4. The van der Waals surface area contributed by atoms with E-state index in [1.165, 1.54) is 18.7 Å². The van der Waals surface area contributed by atoms with Gasteiger partial charge in [0.25, 0.3) is 5.91 Å². The van der Waals surface area contributed by atoms with Crippen molar-refractivity contribution in [3.63, 3.8) is 0 Å². The largest absolute Gasteiger partial charge is 0.354 e. The topological polar surface area (TPSA) is 71.1 Å². The lowest BCUT2D eigenvalue weighted by Gasteiger charge is -2.23. The van der Waals surface area contributed by atoms with Gasteiger partial charge in [-0.15, -0.1) is 0 Å². The van der Waals surface area contributed by atoms with Crippen LogP contribution in [0.25, 0.3) is 0 Å². The molecule has 2 N–H and O–H groups in total. The Morgan fingerprint density at radius 3 is 2.21 bits per heavy atom. The van der Waals surface area contributed by atoms with Gasteiger partial charge < -0.3 is 10.6 Å². The number of nitrogens with zero attached hydrogens (tertiary/aromatic N) is 1. The number of anilines is 3. The third-order valence-corrected chi connectivity index (χ3v) is 4.56. The molecule has 5 nitrogen and oxygen atoms in total. The Morgan fingerprint density at radius 1 is 0.862 bits per heavy atom. The molecule has 0 unspecified atom stereocenters. The number of carbonyl (C=O) groups excluding carboxylic acids is 2. The van der Waals surface area contributed by atoms with Gasteiger partial charge in [0.1, 0.15) is 0 Å². The normalized spacial score (nSPS) is 11.0. The predicted molar refractivity (Wildman–Crippen MR) is 117 cm³/mol. The van der Waals surface area contributed by atoms with Crippen molar-refractivity contribution in [1.82, 2.24) is 4.98 Å². The molecule has 2 aromatic carbocycles. The Hall–Kier alpha value is -3.47. The van der Waals surface area contributed by atoms with Crippen LogP contribution in [0.5, 0.6) is 0 Å². The molecule has 0 aliphatic heterocycles. The smallest absolute Gasteiger partial charge is 0.257 e. The molecule has 0 aliphatic rings. The highest BCUT2D eigenvalue weighted by molar-refractivity contribution is 6.05. The van der Waals surface area contributed by atoms with Crippen molar-refractivity contribution in [1.29, 1.82) is 0 Å². The quantitative estimate of drug-likeness (QED) is 0.561. The molecule has 0 radical (unpaired) electrons. The van der Waals surface area contributed by atoms with Crippen molar-refractivity contribution in [3.05, 3.63) is 83.7 Å². The van der Waals surface area contributed by atoms with Gasteiger partial charge in [-0.25, -0.2) is 0 Å². The number of ketones is 1. The SMILES string of the molecule is CC(=O)c1ccc(NC(=O)c2cncc(Nc3ccccc3C(C)(C)C)c2)cc1. The second-order valence-electron chi connectivity index (χ2n) is 7.97. The van der Waals surface area contributed by atoms with E-state index in [4.69, 9.17) is 0 Å². The molecule has 0 spiro atoms. The first-order valence-corrected chi connectivity index (χ1v) is 9.48. The molecule has 5 heteroatoms. The van der Waals surface area contributed by atoms with Gasteiger partial charge in [-0.3, -0.25) is 14.6 Å². The summed E-state index contributed by atoms with van der Waals surface area (Å²) < 4.78 is 0. The molecule has 29 heavy (non-hydrogen) atoms. The van der Waals surface area contributed by atoms with Crippen molar-refractivity contribution < 1.29 is 9.59 Å². The molecule has 0 saturated heterocycles. The summed E-state index contributed by atoms with van der Waals surface area (Å²) in [5.74, 6) is -0.276. The maximum atomic E-state index is 12.6. The second-order valence-corrected chi connectivity index (χ2v) is 7.97. The molecule has 0 fully saturated rings. The van der Waals surface area contributed by atoms with E-state index in [0.717, 1.165) is 11.4 Å². The van der Waals surface area contributed by atoms with Crippen LogP contribution in [0.4, 0.5) is 17.1 Å². The van der Waals surface area contributed by atoms with Gasteiger partial charge in [-0.1, -0.05) is 39.0 Å². The number of benzene rings is 2. The van der Waals surface area contributed by atoms with Crippen LogP contribution >= 0.6 is 0 Å². The van der Waals surface area contributed by atoms with Crippen LogP contribution in [-0.2, 0) is 5.41 Å². The monoisotopic (exact) mass is 387 g/mol. The van der Waals surface area contributed by atoms with Gasteiger partial charge in [-0.05, 0) is 54.3 Å². The maximum absolute atomic E-state index is 12.6. The Balaban J connectivity index is 1.78. The molecule has 1 amide bonds. The summed E-state index contributed by atoms with van der Waals surface area (Å²) in [5, 5.41) is 6.21. The third-order valence-electron chi connectivity index (χ3n) is 4.56. The van der Waals surface area contributed by atoms with E-state index in [0.29, 0.717) is 16.8 Å². The molecule has 3 aromatic rings. The zero-order valence-electron chi connectivity index (χ0n) is 17.1. The summed E-state index contributed by atoms with van der Waals surface area (Å²) >= 11 is 0. The minimum atomic E-state index is -0.263. The van der Waals surface area contributed by atoms with Gasteiger partial charge in [-0.2, -0.15) is 0 Å². The number of rotatable bonds is 5. The molecular weight excluding hydrogens is 362 g/mol. The average molecular weight is 387 g/mol. The number of hydrogen-bond donors (Lipinski definition) is 2. The first-order valence-electron chi connectivity index (χ1n) is 9.48. The highest BCUT2D eigenvalue weighted by Crippen LogP contribution is 2.31. The minimum Gasteiger partial charge on any atom is -0.354 e. The van der Waals surface area contributed by atoms with Crippen molar-refractivity contribution in [2.45, 2.75) is 33.1 Å².